The molecule has 146 valence electrons. The van der Waals surface area contributed by atoms with Gasteiger partial charge in [-0.05, 0) is 31.0 Å². The summed E-state index contributed by atoms with van der Waals surface area (Å²) in [6.07, 6.45) is 3.59. The van der Waals surface area contributed by atoms with Crippen molar-refractivity contribution in [2.45, 2.75) is 35.3 Å². The lowest BCUT2D eigenvalue weighted by atomic mass is 10.2. The summed E-state index contributed by atoms with van der Waals surface area (Å²) >= 11 is 0. The van der Waals surface area contributed by atoms with Gasteiger partial charge in [0.2, 0.25) is 15.7 Å². The molecule has 2 heterocycles. The summed E-state index contributed by atoms with van der Waals surface area (Å²) < 4.78 is 33.4. The van der Waals surface area contributed by atoms with Gasteiger partial charge >= 0.3 is 0 Å². The molecule has 7 heteroatoms. The summed E-state index contributed by atoms with van der Waals surface area (Å²) in [6, 6.07) is 15.6. The first-order valence-corrected chi connectivity index (χ1v) is 10.8. The highest BCUT2D eigenvalue weighted by atomic mass is 32.2. The number of sulfone groups is 1. The number of nitrogens with one attached hydrogen (secondary N) is 1. The van der Waals surface area contributed by atoms with Gasteiger partial charge in [0.15, 0.2) is 0 Å². The number of rotatable bonds is 6. The van der Waals surface area contributed by atoms with E-state index in [0.29, 0.717) is 17.4 Å². The Kier molecular flexibility index (Phi) is 5.19. The number of fused-ring (bicyclic) bond motifs is 1. The highest BCUT2D eigenvalue weighted by molar-refractivity contribution is 7.91. The number of para-hydroxylation sites is 1. The quantitative estimate of drug-likeness (QED) is 0.693. The summed E-state index contributed by atoms with van der Waals surface area (Å²) in [7, 11) is -3.68. The Balaban J connectivity index is 1.62. The van der Waals surface area contributed by atoms with E-state index >= 15 is 0 Å². The normalized spacial score (nSPS) is 17.1. The topological polar surface area (TPSA) is 77.4 Å². The van der Waals surface area contributed by atoms with Crippen LogP contribution in [0, 0.1) is 0 Å². The number of aromatic nitrogens is 1. The Labute approximate surface area is 164 Å². The van der Waals surface area contributed by atoms with Gasteiger partial charge in [-0.3, -0.25) is 4.79 Å². The molecule has 0 spiro atoms. The predicted octanol–water partition coefficient (Wildman–Crippen LogP) is 2.77. The third-order valence-corrected chi connectivity index (χ3v) is 6.76. The van der Waals surface area contributed by atoms with Crippen molar-refractivity contribution in [2.75, 3.05) is 13.2 Å². The lowest BCUT2D eigenvalue weighted by molar-refractivity contribution is -0.122. The second kappa shape index (κ2) is 7.77. The molecule has 28 heavy (non-hydrogen) atoms. The molecule has 1 amide bonds. The highest BCUT2D eigenvalue weighted by Crippen LogP contribution is 2.30. The van der Waals surface area contributed by atoms with Crippen LogP contribution < -0.4 is 5.32 Å². The molecule has 1 N–H and O–H groups in total. The van der Waals surface area contributed by atoms with Crippen LogP contribution in [0.2, 0.25) is 0 Å². The summed E-state index contributed by atoms with van der Waals surface area (Å²) in [4.78, 5) is 12.9. The van der Waals surface area contributed by atoms with E-state index in [9.17, 15) is 13.2 Å². The van der Waals surface area contributed by atoms with Crippen molar-refractivity contribution in [1.82, 2.24) is 9.88 Å². The van der Waals surface area contributed by atoms with Gasteiger partial charge < -0.3 is 14.6 Å². The summed E-state index contributed by atoms with van der Waals surface area (Å²) in [5, 5.41) is 3.49. The zero-order valence-electron chi connectivity index (χ0n) is 15.4. The lowest BCUT2D eigenvalue weighted by Crippen LogP contribution is -2.34. The fraction of sp³-hybridized carbons (Fsp3) is 0.286. The number of nitrogens with zero attached hydrogens (tertiary/aromatic N) is 1. The van der Waals surface area contributed by atoms with E-state index in [1.54, 1.807) is 53.2 Å². The van der Waals surface area contributed by atoms with E-state index in [-0.39, 0.29) is 28.3 Å². The Bertz CT molecular complexity index is 1080. The minimum absolute atomic E-state index is 0.0531. The molecule has 0 radical (unpaired) electrons. The van der Waals surface area contributed by atoms with Crippen LogP contribution in [0.3, 0.4) is 0 Å². The fourth-order valence-electron chi connectivity index (χ4n) is 3.53. The van der Waals surface area contributed by atoms with Crippen molar-refractivity contribution in [2.24, 2.45) is 0 Å². The number of hydrogen-bond acceptors (Lipinski definition) is 4. The molecule has 1 saturated heterocycles. The number of carbonyl (C=O) groups excluding carboxylic acids is 1. The Morgan fingerprint density at radius 2 is 1.86 bits per heavy atom. The van der Waals surface area contributed by atoms with Gasteiger partial charge in [0.05, 0.1) is 15.9 Å². The summed E-state index contributed by atoms with van der Waals surface area (Å²) in [5.41, 5.74) is 0.712. The first-order valence-electron chi connectivity index (χ1n) is 9.32. The SMILES string of the molecule is O=C(Cn1cc(S(=O)(=O)c2ccccc2)c2ccccc21)NCC1CCCO1. The first kappa shape index (κ1) is 18.7. The molecular weight excluding hydrogens is 376 g/mol. The van der Waals surface area contributed by atoms with Gasteiger partial charge in [0.1, 0.15) is 6.54 Å². The third kappa shape index (κ3) is 3.68. The van der Waals surface area contributed by atoms with Gasteiger partial charge in [0.25, 0.3) is 0 Å². The molecule has 1 aliphatic rings. The van der Waals surface area contributed by atoms with Gasteiger partial charge in [-0.2, -0.15) is 0 Å². The Hall–Kier alpha value is -2.64. The van der Waals surface area contributed by atoms with Crippen molar-refractivity contribution in [3.05, 3.63) is 60.8 Å². The van der Waals surface area contributed by atoms with Gasteiger partial charge in [-0.15, -0.1) is 0 Å². The van der Waals surface area contributed by atoms with Crippen molar-refractivity contribution in [3.8, 4) is 0 Å². The average Bonchev–Trinajstić information content (AvgIpc) is 3.36. The van der Waals surface area contributed by atoms with E-state index < -0.39 is 9.84 Å². The van der Waals surface area contributed by atoms with Crippen molar-refractivity contribution in [1.29, 1.82) is 0 Å². The van der Waals surface area contributed by atoms with Crippen LogP contribution in [-0.2, 0) is 25.9 Å². The Morgan fingerprint density at radius 3 is 2.61 bits per heavy atom. The second-order valence-corrected chi connectivity index (χ2v) is 8.81. The minimum Gasteiger partial charge on any atom is -0.376 e. The maximum atomic E-state index is 13.1. The first-order chi connectivity index (χ1) is 13.6. The number of hydrogen-bond donors (Lipinski definition) is 1. The number of carbonyl (C=O) groups is 1. The molecule has 1 atom stereocenters. The van der Waals surface area contributed by atoms with Gasteiger partial charge in [0, 0.05) is 30.3 Å². The average molecular weight is 398 g/mol. The molecule has 1 unspecified atom stereocenters. The molecule has 0 bridgehead atoms. The fourth-order valence-corrected chi connectivity index (χ4v) is 5.03. The highest BCUT2D eigenvalue weighted by Gasteiger charge is 2.24. The molecule has 1 aliphatic heterocycles. The van der Waals surface area contributed by atoms with E-state index in [2.05, 4.69) is 5.32 Å². The van der Waals surface area contributed by atoms with Crippen LogP contribution in [0.1, 0.15) is 12.8 Å². The minimum atomic E-state index is -3.68. The summed E-state index contributed by atoms with van der Waals surface area (Å²) in [5.74, 6) is -0.167. The van der Waals surface area contributed by atoms with Crippen LogP contribution in [0.5, 0.6) is 0 Å². The smallest absolute Gasteiger partial charge is 0.240 e. The number of ether oxygens (including phenoxy) is 1. The van der Waals surface area contributed by atoms with Crippen LogP contribution in [-0.4, -0.2) is 38.1 Å². The predicted molar refractivity (Wildman–Crippen MR) is 106 cm³/mol. The molecule has 1 aromatic heterocycles. The van der Waals surface area contributed by atoms with Crippen LogP contribution in [0.4, 0.5) is 0 Å². The molecular formula is C21H22N2O4S. The Morgan fingerprint density at radius 1 is 1.11 bits per heavy atom. The van der Waals surface area contributed by atoms with Crippen molar-refractivity contribution < 1.29 is 17.9 Å². The molecule has 2 aromatic carbocycles. The zero-order valence-corrected chi connectivity index (χ0v) is 16.2. The third-order valence-electron chi connectivity index (χ3n) is 4.96. The van der Waals surface area contributed by atoms with Crippen LogP contribution >= 0.6 is 0 Å². The lowest BCUT2D eigenvalue weighted by Gasteiger charge is -2.11. The molecule has 0 aliphatic carbocycles. The summed E-state index contributed by atoms with van der Waals surface area (Å²) in [6.45, 7) is 1.27. The van der Waals surface area contributed by atoms with Crippen LogP contribution in [0.25, 0.3) is 10.9 Å². The number of benzene rings is 2. The van der Waals surface area contributed by atoms with E-state index in [0.717, 1.165) is 19.4 Å². The molecule has 0 saturated carbocycles. The zero-order chi connectivity index (χ0) is 19.6. The monoisotopic (exact) mass is 398 g/mol. The second-order valence-electron chi connectivity index (χ2n) is 6.89. The number of amides is 1. The van der Waals surface area contributed by atoms with Gasteiger partial charge in [-0.1, -0.05) is 36.4 Å². The van der Waals surface area contributed by atoms with E-state index in [1.165, 1.54) is 0 Å². The maximum absolute atomic E-state index is 13.1. The van der Waals surface area contributed by atoms with E-state index in [1.807, 2.05) is 12.1 Å². The standard InChI is InChI=1S/C21H22N2O4S/c24-21(22-13-16-7-6-12-27-16)15-23-14-20(18-10-4-5-11-19(18)23)28(25,26)17-8-2-1-3-9-17/h1-5,8-11,14,16H,6-7,12-13,15H2,(H,22,24). The molecule has 1 fully saturated rings. The van der Waals surface area contributed by atoms with E-state index in [4.69, 9.17) is 4.74 Å². The van der Waals surface area contributed by atoms with Crippen LogP contribution in [0.15, 0.2) is 70.6 Å². The molecule has 3 aromatic rings. The van der Waals surface area contributed by atoms with Crippen molar-refractivity contribution in [3.63, 3.8) is 0 Å². The largest absolute Gasteiger partial charge is 0.376 e. The molecule has 6 nitrogen and oxygen atoms in total. The van der Waals surface area contributed by atoms with Gasteiger partial charge in [-0.25, -0.2) is 8.42 Å². The van der Waals surface area contributed by atoms with Crippen molar-refractivity contribution >= 4 is 26.6 Å². The molecule has 4 rings (SSSR count). The maximum Gasteiger partial charge on any atom is 0.240 e.